The fourth-order valence-electron chi connectivity index (χ4n) is 2.00. The second-order valence-electron chi connectivity index (χ2n) is 5.73. The molecule has 0 aliphatic carbocycles. The van der Waals surface area contributed by atoms with Gasteiger partial charge in [0.05, 0.1) is 4.75 Å². The Labute approximate surface area is 116 Å². The molecule has 3 N–H and O–H groups in total. The molecule has 0 saturated carbocycles. The lowest BCUT2D eigenvalue weighted by Gasteiger charge is -2.32. The monoisotopic (exact) mass is 284 g/mol. The van der Waals surface area contributed by atoms with Crippen LogP contribution in [0.5, 0.6) is 0 Å². The molecule has 5 heteroatoms. The molecule has 1 rings (SSSR count). The van der Waals surface area contributed by atoms with Gasteiger partial charge in [-0.25, -0.2) is 8.42 Å². The van der Waals surface area contributed by atoms with E-state index in [0.717, 1.165) is 16.7 Å². The summed E-state index contributed by atoms with van der Waals surface area (Å²) in [7, 11) is -3.20. The zero-order chi connectivity index (χ0) is 14.8. The molecule has 0 amide bonds. The van der Waals surface area contributed by atoms with Gasteiger partial charge < -0.3 is 0 Å². The van der Waals surface area contributed by atoms with E-state index < -0.39 is 14.6 Å². The van der Waals surface area contributed by atoms with Gasteiger partial charge in [0, 0.05) is 12.3 Å². The van der Waals surface area contributed by atoms with Gasteiger partial charge in [0.2, 0.25) is 0 Å². The molecule has 0 spiro atoms. The van der Waals surface area contributed by atoms with Crippen molar-refractivity contribution in [2.45, 2.75) is 44.9 Å². The SMILES string of the molecule is Cc1ccc(C)c(CC(NN)C(C)(C)S(C)(=O)=O)c1. The normalized spacial score (nSPS) is 14.4. The van der Waals surface area contributed by atoms with E-state index in [4.69, 9.17) is 5.84 Å². The van der Waals surface area contributed by atoms with Crippen molar-refractivity contribution in [1.82, 2.24) is 5.43 Å². The number of rotatable bonds is 5. The van der Waals surface area contributed by atoms with Crippen molar-refractivity contribution in [1.29, 1.82) is 0 Å². The topological polar surface area (TPSA) is 72.2 Å². The summed E-state index contributed by atoms with van der Waals surface area (Å²) >= 11 is 0. The van der Waals surface area contributed by atoms with Crippen LogP contribution >= 0.6 is 0 Å². The Kier molecular flexibility index (Phi) is 4.76. The maximum Gasteiger partial charge on any atom is 0.154 e. The summed E-state index contributed by atoms with van der Waals surface area (Å²) < 4.78 is 22.9. The van der Waals surface area contributed by atoms with Crippen molar-refractivity contribution in [3.63, 3.8) is 0 Å². The number of hydrazine groups is 1. The van der Waals surface area contributed by atoms with Gasteiger partial charge in [0.1, 0.15) is 0 Å². The summed E-state index contributed by atoms with van der Waals surface area (Å²) in [5.74, 6) is 5.58. The molecular formula is C14H24N2O2S. The zero-order valence-corrected chi connectivity index (χ0v) is 13.1. The van der Waals surface area contributed by atoms with Crippen LogP contribution in [0.2, 0.25) is 0 Å². The smallest absolute Gasteiger partial charge is 0.154 e. The lowest BCUT2D eigenvalue weighted by Crippen LogP contribution is -2.55. The maximum atomic E-state index is 11.9. The van der Waals surface area contributed by atoms with E-state index in [1.807, 2.05) is 26.0 Å². The van der Waals surface area contributed by atoms with Gasteiger partial charge in [-0.05, 0) is 45.2 Å². The lowest BCUT2D eigenvalue weighted by atomic mass is 9.93. The van der Waals surface area contributed by atoms with Gasteiger partial charge in [-0.2, -0.15) is 0 Å². The Bertz CT molecular complexity index is 551. The highest BCUT2D eigenvalue weighted by atomic mass is 32.2. The molecule has 19 heavy (non-hydrogen) atoms. The third-order valence-corrected chi connectivity index (χ3v) is 6.12. The van der Waals surface area contributed by atoms with Crippen LogP contribution in [0.1, 0.15) is 30.5 Å². The van der Waals surface area contributed by atoms with Crippen LogP contribution in [0.15, 0.2) is 18.2 Å². The molecule has 108 valence electrons. The number of hydrogen-bond donors (Lipinski definition) is 2. The summed E-state index contributed by atoms with van der Waals surface area (Å²) in [4.78, 5) is 0. The van der Waals surface area contributed by atoms with Gasteiger partial charge in [-0.3, -0.25) is 11.3 Å². The number of nitrogens with one attached hydrogen (secondary N) is 1. The van der Waals surface area contributed by atoms with E-state index in [1.54, 1.807) is 13.8 Å². The Morgan fingerprint density at radius 1 is 1.32 bits per heavy atom. The molecule has 0 aliphatic rings. The van der Waals surface area contributed by atoms with Gasteiger partial charge in [0.15, 0.2) is 9.84 Å². The number of aryl methyl sites for hydroxylation is 2. The average Bonchev–Trinajstić information content (AvgIpc) is 2.28. The minimum atomic E-state index is -3.20. The minimum absolute atomic E-state index is 0.331. The predicted molar refractivity (Wildman–Crippen MR) is 79.7 cm³/mol. The van der Waals surface area contributed by atoms with E-state index >= 15 is 0 Å². The van der Waals surface area contributed by atoms with Crippen molar-refractivity contribution in [3.05, 3.63) is 34.9 Å². The molecular weight excluding hydrogens is 260 g/mol. The third-order valence-electron chi connectivity index (χ3n) is 3.92. The second kappa shape index (κ2) is 5.61. The van der Waals surface area contributed by atoms with Crippen molar-refractivity contribution in [3.8, 4) is 0 Å². The molecule has 1 unspecified atom stereocenters. The van der Waals surface area contributed by atoms with Gasteiger partial charge in [-0.15, -0.1) is 0 Å². The predicted octanol–water partition coefficient (Wildman–Crippen LogP) is 1.50. The van der Waals surface area contributed by atoms with Crippen LogP contribution in [0, 0.1) is 13.8 Å². The minimum Gasteiger partial charge on any atom is -0.271 e. The molecule has 0 aliphatic heterocycles. The first-order valence-corrected chi connectivity index (χ1v) is 8.20. The molecule has 1 aromatic carbocycles. The van der Waals surface area contributed by atoms with Gasteiger partial charge in [-0.1, -0.05) is 23.8 Å². The fraction of sp³-hybridized carbons (Fsp3) is 0.571. The van der Waals surface area contributed by atoms with E-state index in [9.17, 15) is 8.42 Å². The summed E-state index contributed by atoms with van der Waals surface area (Å²) in [6.45, 7) is 7.46. The van der Waals surface area contributed by atoms with Crippen LogP contribution in [0.3, 0.4) is 0 Å². The largest absolute Gasteiger partial charge is 0.271 e. The highest BCUT2D eigenvalue weighted by Crippen LogP contribution is 2.24. The summed E-state index contributed by atoms with van der Waals surface area (Å²) in [6, 6.07) is 5.85. The van der Waals surface area contributed by atoms with Crippen LogP contribution in [-0.2, 0) is 16.3 Å². The van der Waals surface area contributed by atoms with Crippen molar-refractivity contribution in [2.24, 2.45) is 5.84 Å². The van der Waals surface area contributed by atoms with E-state index in [2.05, 4.69) is 11.5 Å². The molecule has 0 saturated heterocycles. The van der Waals surface area contributed by atoms with Crippen LogP contribution < -0.4 is 11.3 Å². The number of nitrogens with two attached hydrogens (primary N) is 1. The molecule has 0 bridgehead atoms. The first kappa shape index (κ1) is 16.1. The van der Waals surface area contributed by atoms with Gasteiger partial charge in [0.25, 0.3) is 0 Å². The Morgan fingerprint density at radius 2 is 1.89 bits per heavy atom. The average molecular weight is 284 g/mol. The maximum absolute atomic E-state index is 11.9. The Hall–Kier alpha value is -0.910. The molecule has 0 aromatic heterocycles. The number of sulfone groups is 1. The Morgan fingerprint density at radius 3 is 2.37 bits per heavy atom. The van der Waals surface area contributed by atoms with Gasteiger partial charge >= 0.3 is 0 Å². The zero-order valence-electron chi connectivity index (χ0n) is 12.3. The van der Waals surface area contributed by atoms with E-state index in [0.29, 0.717) is 6.42 Å². The van der Waals surface area contributed by atoms with Crippen LogP contribution in [0.25, 0.3) is 0 Å². The molecule has 0 fully saturated rings. The molecule has 4 nitrogen and oxygen atoms in total. The second-order valence-corrected chi connectivity index (χ2v) is 8.33. The fourth-order valence-corrected chi connectivity index (χ4v) is 2.67. The first-order chi connectivity index (χ1) is 8.59. The molecule has 1 aromatic rings. The van der Waals surface area contributed by atoms with E-state index in [-0.39, 0.29) is 6.04 Å². The van der Waals surface area contributed by atoms with Crippen molar-refractivity contribution >= 4 is 9.84 Å². The van der Waals surface area contributed by atoms with E-state index in [1.165, 1.54) is 6.26 Å². The van der Waals surface area contributed by atoms with Crippen LogP contribution in [-0.4, -0.2) is 25.5 Å². The standard InChI is InChI=1S/C14H24N2O2S/c1-10-6-7-11(2)12(8-10)9-13(16-15)14(3,4)19(5,17)18/h6-8,13,16H,9,15H2,1-5H3. The van der Waals surface area contributed by atoms with Crippen molar-refractivity contribution in [2.75, 3.05) is 6.26 Å². The van der Waals surface area contributed by atoms with Crippen molar-refractivity contribution < 1.29 is 8.42 Å². The first-order valence-electron chi connectivity index (χ1n) is 6.31. The summed E-state index contributed by atoms with van der Waals surface area (Å²) in [6.07, 6.45) is 1.84. The molecule has 0 radical (unpaired) electrons. The number of benzene rings is 1. The highest BCUT2D eigenvalue weighted by molar-refractivity contribution is 7.92. The molecule has 0 heterocycles. The third kappa shape index (κ3) is 3.55. The number of hydrogen-bond acceptors (Lipinski definition) is 4. The summed E-state index contributed by atoms with van der Waals surface area (Å²) in [5.41, 5.74) is 6.10. The highest BCUT2D eigenvalue weighted by Gasteiger charge is 2.38. The molecule has 1 atom stereocenters. The quantitative estimate of drug-likeness (QED) is 0.635. The van der Waals surface area contributed by atoms with Crippen LogP contribution in [0.4, 0.5) is 0 Å². The summed E-state index contributed by atoms with van der Waals surface area (Å²) in [5, 5.41) is 0. The Balaban J connectivity index is 3.10. The lowest BCUT2D eigenvalue weighted by molar-refractivity contribution is 0.412.